The number of thiophene rings is 1. The number of unbranched alkanes of at least 4 members (excludes halogenated alkanes) is 2. The maximum Gasteiger partial charge on any atom is 0.737 e. The summed E-state index contributed by atoms with van der Waals surface area (Å²) < 4.78 is 53.0. The maximum atomic E-state index is 16.1. The molecule has 5 heterocycles. The molecule has 0 bridgehead atoms. The molecule has 0 saturated heterocycles. The molecule has 20 heteroatoms. The lowest BCUT2D eigenvalue weighted by molar-refractivity contribution is -0.360. The van der Waals surface area contributed by atoms with Crippen molar-refractivity contribution < 1.29 is 41.7 Å². The number of fused-ring (bicyclic) bond motifs is 2. The third kappa shape index (κ3) is 12.8. The molecule has 0 unspecified atom stereocenters. The summed E-state index contributed by atoms with van der Waals surface area (Å²) in [5.74, 6) is -0.205. The van der Waals surface area contributed by atoms with Crippen LogP contribution in [-0.4, -0.2) is 102 Å². The molecule has 3 aromatic carbocycles. The van der Waals surface area contributed by atoms with E-state index in [1.54, 1.807) is 102 Å². The Morgan fingerprint density at radius 2 is 1.53 bits per heavy atom. The van der Waals surface area contributed by atoms with E-state index in [-0.39, 0.29) is 43.2 Å². The van der Waals surface area contributed by atoms with Crippen LogP contribution in [0.3, 0.4) is 0 Å². The van der Waals surface area contributed by atoms with Gasteiger partial charge in [0.15, 0.2) is 23.7 Å². The molecule has 3 N–H and O–H groups in total. The van der Waals surface area contributed by atoms with E-state index in [2.05, 4.69) is 21.0 Å². The first kappa shape index (κ1) is 52.0. The van der Waals surface area contributed by atoms with Gasteiger partial charge in [0.25, 0.3) is 11.8 Å². The average molecular weight is 1060 g/mol. The van der Waals surface area contributed by atoms with Crippen LogP contribution in [-0.2, 0) is 19.1 Å². The highest BCUT2D eigenvalue weighted by molar-refractivity contribution is 7.12. The third-order valence-electron chi connectivity index (χ3n) is 11.8. The molecule has 0 aliphatic carbocycles. The molecule has 72 heavy (non-hydrogen) atoms. The van der Waals surface area contributed by atoms with Crippen LogP contribution in [0, 0.1) is 6.92 Å². The summed E-state index contributed by atoms with van der Waals surface area (Å²) in [4.78, 5) is 38.7. The van der Waals surface area contributed by atoms with Gasteiger partial charge in [0.05, 0.1) is 47.7 Å². The Balaban J connectivity index is 0.647. The monoisotopic (exact) mass is 1060 g/mol. The Morgan fingerprint density at radius 3 is 2.26 bits per heavy atom. The van der Waals surface area contributed by atoms with E-state index in [9.17, 15) is 14.4 Å². The molecule has 0 atom stereocenters. The van der Waals surface area contributed by atoms with E-state index < -0.39 is 6.97 Å². The summed E-state index contributed by atoms with van der Waals surface area (Å²) in [6.45, 7) is -0.198. The summed E-state index contributed by atoms with van der Waals surface area (Å²) in [6, 6.07) is 26.4. The first-order valence-electron chi connectivity index (χ1n) is 23.4. The summed E-state index contributed by atoms with van der Waals surface area (Å²) >= 11 is 20.2. The van der Waals surface area contributed by atoms with Crippen molar-refractivity contribution in [3.05, 3.63) is 162 Å². The number of rotatable bonds is 24. The van der Waals surface area contributed by atoms with Gasteiger partial charge in [0.2, 0.25) is 5.91 Å². The standard InChI is InChI=1S/C52H51BCl3F2N7O6S/c1-35-50(62-65(45-22-15-39(55)32-44(45)56)51(35)37-11-13-38(54)14-12-37)52(68)61-26-28-70-30-29-69-27-25-60-48(66)7-3-2-4-24-59-49(67)34-71-43-20-9-36(10-21-43)8-16-40-17-18-41-33-42-19-23-46(47-6-5-31-72-47)64(42)53(57,58)63(40)41/h5-6,8-23,31-33H,2-4,7,24-30,34H2,1H3,(H,59,67)(H,60,66)(H,61,68)/b16-8+. The summed E-state index contributed by atoms with van der Waals surface area (Å²) in [7, 11) is 0. The zero-order chi connectivity index (χ0) is 50.6. The predicted molar refractivity (Wildman–Crippen MR) is 282 cm³/mol. The van der Waals surface area contributed by atoms with Crippen molar-refractivity contribution in [1.82, 2.24) is 30.2 Å². The van der Waals surface area contributed by atoms with Crippen molar-refractivity contribution >= 4 is 94.8 Å². The van der Waals surface area contributed by atoms with Gasteiger partial charge in [0, 0.05) is 76.8 Å². The molecule has 8 rings (SSSR count). The van der Waals surface area contributed by atoms with E-state index in [1.807, 2.05) is 36.6 Å². The summed E-state index contributed by atoms with van der Waals surface area (Å²) in [5, 5.41) is 16.5. The van der Waals surface area contributed by atoms with Crippen molar-refractivity contribution in [2.24, 2.45) is 0 Å². The van der Waals surface area contributed by atoms with E-state index in [1.165, 1.54) is 11.3 Å². The minimum Gasteiger partial charge on any atom is -0.484 e. The highest BCUT2D eigenvalue weighted by Gasteiger charge is 2.52. The number of hydrogen-bond acceptors (Lipinski definition) is 8. The van der Waals surface area contributed by atoms with Crippen LogP contribution in [0.4, 0.5) is 8.63 Å². The second-order valence-electron chi connectivity index (χ2n) is 16.8. The maximum absolute atomic E-state index is 16.1. The first-order valence-corrected chi connectivity index (χ1v) is 25.4. The molecule has 6 aromatic rings. The van der Waals surface area contributed by atoms with E-state index in [4.69, 9.17) is 49.0 Å². The van der Waals surface area contributed by atoms with Gasteiger partial charge in [-0.05, 0) is 97.4 Å². The van der Waals surface area contributed by atoms with Gasteiger partial charge in [0.1, 0.15) is 5.75 Å². The number of benzene rings is 3. The van der Waals surface area contributed by atoms with Gasteiger partial charge in [-0.1, -0.05) is 77.6 Å². The Labute approximate surface area is 434 Å². The predicted octanol–water partition coefficient (Wildman–Crippen LogP) is 10.1. The number of carbonyl (C=O) groups excluding carboxylic acids is 3. The number of carbonyl (C=O) groups is 3. The van der Waals surface area contributed by atoms with E-state index in [0.717, 1.165) is 31.4 Å². The Kier molecular flexibility index (Phi) is 17.6. The minimum absolute atomic E-state index is 0.0784. The van der Waals surface area contributed by atoms with Crippen LogP contribution in [0.5, 0.6) is 5.75 Å². The number of nitrogens with one attached hydrogen (secondary N) is 3. The lowest BCUT2D eigenvalue weighted by atomic mass is 9.90. The average Bonchev–Trinajstić information content (AvgIpc) is 4.20. The molecule has 3 aromatic heterocycles. The molecule has 0 radical (unpaired) electrons. The number of hydrogen-bond donors (Lipinski definition) is 3. The largest absolute Gasteiger partial charge is 0.737 e. The van der Waals surface area contributed by atoms with Crippen LogP contribution >= 0.6 is 46.1 Å². The summed E-state index contributed by atoms with van der Waals surface area (Å²) in [5.41, 5.74) is 5.53. The van der Waals surface area contributed by atoms with Crippen molar-refractivity contribution in [1.29, 1.82) is 0 Å². The molecular weight excluding hydrogens is 1010 g/mol. The highest BCUT2D eigenvalue weighted by Crippen LogP contribution is 2.36. The molecule has 374 valence electrons. The Morgan fingerprint density at radius 1 is 0.792 bits per heavy atom. The molecule has 13 nitrogen and oxygen atoms in total. The van der Waals surface area contributed by atoms with Crippen molar-refractivity contribution in [3.8, 4) is 22.7 Å². The van der Waals surface area contributed by atoms with Crippen molar-refractivity contribution in [3.63, 3.8) is 0 Å². The van der Waals surface area contributed by atoms with Crippen molar-refractivity contribution in [2.75, 3.05) is 52.7 Å². The van der Waals surface area contributed by atoms with Gasteiger partial charge >= 0.3 is 6.97 Å². The van der Waals surface area contributed by atoms with Gasteiger partial charge in [-0.25, -0.2) is 4.68 Å². The van der Waals surface area contributed by atoms with Gasteiger partial charge < -0.3 is 47.8 Å². The fraction of sp³-hybridized carbons (Fsp3) is 0.250. The SMILES string of the molecule is Cc1c(C(=O)NCCOCCOCCNC(=O)CCCCCNC(=O)COc2ccc(/C=C/c3ccc4n3[B-](F)(F)[N+]3=C(c5cccs5)C=CC3=C4)cc2)nn(-c2ccc(Cl)cc2Cl)c1-c1ccc(Cl)cc1. The second kappa shape index (κ2) is 24.4. The molecule has 0 saturated carbocycles. The topological polar surface area (TPSA) is 141 Å². The lowest BCUT2D eigenvalue weighted by Gasteiger charge is -2.30. The van der Waals surface area contributed by atoms with E-state index in [0.29, 0.717) is 113 Å². The second-order valence-corrected chi connectivity index (χ2v) is 19.0. The molecule has 0 fully saturated rings. The van der Waals surface area contributed by atoms with Crippen LogP contribution in [0.2, 0.25) is 15.1 Å². The first-order chi connectivity index (χ1) is 34.9. The Hall–Kier alpha value is -6.34. The van der Waals surface area contributed by atoms with E-state index >= 15 is 8.63 Å². The molecule has 2 aliphatic heterocycles. The zero-order valence-corrected chi connectivity index (χ0v) is 42.3. The quantitative estimate of drug-likeness (QED) is 0.0405. The van der Waals surface area contributed by atoms with Crippen molar-refractivity contribution in [2.45, 2.75) is 32.6 Å². The number of nitrogens with zero attached hydrogens (tertiary/aromatic N) is 4. The number of halogens is 5. The van der Waals surface area contributed by atoms with Gasteiger partial charge in [-0.3, -0.25) is 14.4 Å². The van der Waals surface area contributed by atoms with Gasteiger partial charge in [-0.15, -0.1) is 11.3 Å². The molecule has 2 aliphatic rings. The fourth-order valence-electron chi connectivity index (χ4n) is 8.26. The van der Waals surface area contributed by atoms with Crippen LogP contribution < -0.4 is 20.7 Å². The highest BCUT2D eigenvalue weighted by atomic mass is 35.5. The molecule has 3 amide bonds. The van der Waals surface area contributed by atoms with Crippen LogP contribution in [0.1, 0.15) is 63.6 Å². The number of allylic oxidation sites excluding steroid dienone is 2. The number of amides is 3. The van der Waals surface area contributed by atoms with Crippen LogP contribution in [0.25, 0.3) is 35.2 Å². The lowest BCUT2D eigenvalue weighted by Crippen LogP contribution is -2.50. The smallest absolute Gasteiger partial charge is 0.484 e. The van der Waals surface area contributed by atoms with Gasteiger partial charge in [-0.2, -0.15) is 5.10 Å². The molecule has 0 spiro atoms. The van der Waals surface area contributed by atoms with Crippen LogP contribution in [0.15, 0.2) is 114 Å². The molecular formula is C52H51BCl3F2N7O6S. The fourth-order valence-corrected chi connectivity index (χ4v) is 9.63. The minimum atomic E-state index is -4.13. The number of ether oxygens (including phenoxy) is 3. The normalized spacial score (nSPS) is 13.6. The zero-order valence-electron chi connectivity index (χ0n) is 39.2. The summed E-state index contributed by atoms with van der Waals surface area (Å²) in [6.07, 6.45) is 11.2. The number of aromatic nitrogens is 3. The Bertz CT molecular complexity index is 3030. The third-order valence-corrected chi connectivity index (χ3v) is 13.5.